The van der Waals surface area contributed by atoms with E-state index in [9.17, 15) is 12.8 Å². The van der Waals surface area contributed by atoms with Crippen LogP contribution in [0.4, 0.5) is 4.39 Å². The summed E-state index contributed by atoms with van der Waals surface area (Å²) in [4.78, 5) is 0.140. The maximum atomic E-state index is 13.4. The quantitative estimate of drug-likeness (QED) is 0.634. The molecule has 0 spiro atoms. The first-order valence-electron chi connectivity index (χ1n) is 8.01. The van der Waals surface area contributed by atoms with E-state index in [1.54, 1.807) is 18.2 Å². The van der Waals surface area contributed by atoms with Crippen LogP contribution in [0.25, 0.3) is 10.9 Å². The summed E-state index contributed by atoms with van der Waals surface area (Å²) in [7, 11) is -3.81. The summed E-state index contributed by atoms with van der Waals surface area (Å²) in [6.45, 7) is 5.67. The van der Waals surface area contributed by atoms with Gasteiger partial charge >= 0.3 is 0 Å². The Labute approximate surface area is 147 Å². The lowest BCUT2D eigenvalue weighted by atomic mass is 10.2. The summed E-state index contributed by atoms with van der Waals surface area (Å²) in [5.41, 5.74) is 2.75. The molecule has 3 aromatic rings. The second-order valence-electron chi connectivity index (χ2n) is 6.26. The Kier molecular flexibility index (Phi) is 4.67. The first-order valence-corrected chi connectivity index (χ1v) is 9.42. The predicted octanol–water partition coefficient (Wildman–Crippen LogP) is 4.36. The molecule has 1 aromatic heterocycles. The molecule has 6 heteroatoms. The Morgan fingerprint density at radius 3 is 2.44 bits per heavy atom. The van der Waals surface area contributed by atoms with Crippen molar-refractivity contribution in [2.75, 3.05) is 6.61 Å². The molecule has 0 bridgehead atoms. The number of hydrogen-bond donors (Lipinski definition) is 0. The van der Waals surface area contributed by atoms with Crippen LogP contribution in [-0.4, -0.2) is 19.6 Å². The van der Waals surface area contributed by atoms with Crippen molar-refractivity contribution in [1.82, 2.24) is 4.57 Å². The van der Waals surface area contributed by atoms with Gasteiger partial charge in [0, 0.05) is 16.6 Å². The molecule has 0 saturated carbocycles. The molecule has 1 heterocycles. The fourth-order valence-corrected chi connectivity index (χ4v) is 3.95. The molecule has 0 aliphatic rings. The lowest BCUT2D eigenvalue weighted by Crippen LogP contribution is -2.17. The fraction of sp³-hybridized carbons (Fsp3) is 0.263. The molecule has 0 saturated heterocycles. The minimum Gasteiger partial charge on any atom is -0.340 e. The van der Waals surface area contributed by atoms with Gasteiger partial charge in [-0.2, -0.15) is 8.42 Å². The zero-order chi connectivity index (χ0) is 18.2. The van der Waals surface area contributed by atoms with Crippen molar-refractivity contribution in [3.63, 3.8) is 0 Å². The van der Waals surface area contributed by atoms with E-state index in [4.69, 9.17) is 4.18 Å². The average molecular weight is 361 g/mol. The van der Waals surface area contributed by atoms with Gasteiger partial charge in [0.25, 0.3) is 10.1 Å². The van der Waals surface area contributed by atoms with Crippen LogP contribution in [0.5, 0.6) is 0 Å². The number of aryl methyl sites for hydroxylation is 2. The predicted molar refractivity (Wildman–Crippen MR) is 95.7 cm³/mol. The van der Waals surface area contributed by atoms with Gasteiger partial charge in [-0.15, -0.1) is 0 Å². The highest BCUT2D eigenvalue weighted by Gasteiger charge is 2.19. The molecule has 0 amide bonds. The second kappa shape index (κ2) is 6.61. The SMILES string of the molecule is Cc1ccc(S(=O)(=O)OCC(C)n2c(C)cc3cc(F)ccc32)cc1. The van der Waals surface area contributed by atoms with Crippen LogP contribution >= 0.6 is 0 Å². The van der Waals surface area contributed by atoms with E-state index in [2.05, 4.69) is 0 Å². The molecular formula is C19H20FNO3S. The van der Waals surface area contributed by atoms with Crippen molar-refractivity contribution in [2.45, 2.75) is 31.7 Å². The molecule has 0 fully saturated rings. The van der Waals surface area contributed by atoms with Gasteiger partial charge in [0.05, 0.1) is 17.5 Å². The van der Waals surface area contributed by atoms with Crippen LogP contribution in [0.1, 0.15) is 24.2 Å². The van der Waals surface area contributed by atoms with Crippen molar-refractivity contribution in [1.29, 1.82) is 0 Å². The van der Waals surface area contributed by atoms with E-state index in [-0.39, 0.29) is 23.4 Å². The summed E-state index contributed by atoms with van der Waals surface area (Å²) in [5.74, 6) is -0.296. The molecule has 3 rings (SSSR count). The van der Waals surface area contributed by atoms with Gasteiger partial charge in [0.15, 0.2) is 0 Å². The van der Waals surface area contributed by atoms with Crippen LogP contribution in [-0.2, 0) is 14.3 Å². The molecule has 132 valence electrons. The summed E-state index contributed by atoms with van der Waals surface area (Å²) in [6, 6.07) is 12.8. The van der Waals surface area contributed by atoms with Gasteiger partial charge in [-0.1, -0.05) is 17.7 Å². The topological polar surface area (TPSA) is 48.3 Å². The van der Waals surface area contributed by atoms with Crippen LogP contribution in [0, 0.1) is 19.7 Å². The van der Waals surface area contributed by atoms with Crippen molar-refractivity contribution in [3.8, 4) is 0 Å². The lowest BCUT2D eigenvalue weighted by Gasteiger charge is -2.17. The number of nitrogens with zero attached hydrogens (tertiary/aromatic N) is 1. The Bertz CT molecular complexity index is 1010. The largest absolute Gasteiger partial charge is 0.340 e. The Balaban J connectivity index is 1.82. The van der Waals surface area contributed by atoms with E-state index >= 15 is 0 Å². The third-order valence-electron chi connectivity index (χ3n) is 4.21. The summed E-state index contributed by atoms with van der Waals surface area (Å²) in [5, 5.41) is 0.783. The number of aromatic nitrogens is 1. The van der Waals surface area contributed by atoms with Crippen LogP contribution in [0.15, 0.2) is 53.4 Å². The van der Waals surface area contributed by atoms with E-state index in [0.717, 1.165) is 22.2 Å². The van der Waals surface area contributed by atoms with E-state index < -0.39 is 10.1 Å². The zero-order valence-corrected chi connectivity index (χ0v) is 15.2. The van der Waals surface area contributed by atoms with E-state index in [1.807, 2.05) is 31.4 Å². The van der Waals surface area contributed by atoms with Gasteiger partial charge in [-0.25, -0.2) is 4.39 Å². The van der Waals surface area contributed by atoms with E-state index in [1.165, 1.54) is 24.3 Å². The molecule has 0 radical (unpaired) electrons. The van der Waals surface area contributed by atoms with Crippen molar-refractivity contribution >= 4 is 21.0 Å². The standard InChI is InChI=1S/C19H20FNO3S/c1-13-4-7-18(8-5-13)25(22,23)24-12-15(3)21-14(2)10-16-11-17(20)6-9-19(16)21/h4-11,15H,12H2,1-3H3. The van der Waals surface area contributed by atoms with Gasteiger partial charge in [0.1, 0.15) is 5.82 Å². The maximum absolute atomic E-state index is 13.4. The smallest absolute Gasteiger partial charge is 0.297 e. The number of benzene rings is 2. The highest BCUT2D eigenvalue weighted by atomic mass is 32.2. The summed E-state index contributed by atoms with van der Waals surface area (Å²) < 4.78 is 45.2. The molecule has 0 aliphatic heterocycles. The van der Waals surface area contributed by atoms with Gasteiger partial charge < -0.3 is 4.57 Å². The van der Waals surface area contributed by atoms with Gasteiger partial charge in [0.2, 0.25) is 0 Å². The first-order chi connectivity index (χ1) is 11.8. The summed E-state index contributed by atoms with van der Waals surface area (Å²) >= 11 is 0. The van der Waals surface area contributed by atoms with Gasteiger partial charge in [-0.05, 0) is 57.2 Å². The first kappa shape index (κ1) is 17.6. The summed E-state index contributed by atoms with van der Waals surface area (Å²) in [6.07, 6.45) is 0. The number of halogens is 1. The molecule has 2 aromatic carbocycles. The Morgan fingerprint density at radius 1 is 1.08 bits per heavy atom. The Hall–Kier alpha value is -2.18. The minimum atomic E-state index is -3.81. The monoisotopic (exact) mass is 361 g/mol. The lowest BCUT2D eigenvalue weighted by molar-refractivity contribution is 0.266. The number of fused-ring (bicyclic) bond motifs is 1. The maximum Gasteiger partial charge on any atom is 0.297 e. The third-order valence-corrected chi connectivity index (χ3v) is 5.50. The molecule has 0 N–H and O–H groups in total. The minimum absolute atomic E-state index is 0.00178. The third kappa shape index (κ3) is 3.60. The fourth-order valence-electron chi connectivity index (χ4n) is 2.97. The molecular weight excluding hydrogens is 341 g/mol. The van der Waals surface area contributed by atoms with Crippen LogP contribution < -0.4 is 0 Å². The van der Waals surface area contributed by atoms with Crippen molar-refractivity contribution < 1.29 is 17.0 Å². The van der Waals surface area contributed by atoms with Crippen LogP contribution in [0.3, 0.4) is 0 Å². The average Bonchev–Trinajstić information content (AvgIpc) is 2.88. The highest BCUT2D eigenvalue weighted by Crippen LogP contribution is 2.25. The number of hydrogen-bond acceptors (Lipinski definition) is 3. The molecule has 25 heavy (non-hydrogen) atoms. The molecule has 1 atom stereocenters. The molecule has 1 unspecified atom stereocenters. The normalized spacial score (nSPS) is 13.3. The molecule has 4 nitrogen and oxygen atoms in total. The molecule has 0 aliphatic carbocycles. The van der Waals surface area contributed by atoms with Crippen molar-refractivity contribution in [2.24, 2.45) is 0 Å². The van der Waals surface area contributed by atoms with Crippen LogP contribution in [0.2, 0.25) is 0 Å². The van der Waals surface area contributed by atoms with Crippen molar-refractivity contribution in [3.05, 3.63) is 65.6 Å². The zero-order valence-electron chi connectivity index (χ0n) is 14.4. The Morgan fingerprint density at radius 2 is 1.76 bits per heavy atom. The number of rotatable bonds is 5. The second-order valence-corrected chi connectivity index (χ2v) is 7.87. The van der Waals surface area contributed by atoms with E-state index in [0.29, 0.717) is 0 Å². The highest BCUT2D eigenvalue weighted by molar-refractivity contribution is 7.86. The van der Waals surface area contributed by atoms with Gasteiger partial charge in [-0.3, -0.25) is 4.18 Å².